The normalized spacial score (nSPS) is 15.2. The van der Waals surface area contributed by atoms with E-state index < -0.39 is 0 Å². The zero-order valence-electron chi connectivity index (χ0n) is 10.3. The molecule has 0 atom stereocenters. The second kappa shape index (κ2) is 5.54. The number of methoxy groups -OCH3 is 1. The maximum Gasteiger partial charge on any atom is 0.165 e. The van der Waals surface area contributed by atoms with E-state index >= 15 is 0 Å². The lowest BCUT2D eigenvalue weighted by atomic mass is 10.0. The number of halogens is 1. The van der Waals surface area contributed by atoms with Crippen LogP contribution in [0, 0.1) is 17.1 Å². The molecule has 0 aromatic heterocycles. The number of allylic oxidation sites excluding steroid dienone is 1. The van der Waals surface area contributed by atoms with Crippen LogP contribution in [-0.2, 0) is 0 Å². The van der Waals surface area contributed by atoms with Crippen molar-refractivity contribution in [2.75, 3.05) is 25.1 Å². The molecule has 0 N–H and O–H groups in total. The molecule has 1 aliphatic rings. The molecule has 18 heavy (non-hydrogen) atoms. The van der Waals surface area contributed by atoms with Crippen LogP contribution in [0.1, 0.15) is 12.8 Å². The summed E-state index contributed by atoms with van der Waals surface area (Å²) in [5.41, 5.74) is 2.15. The summed E-state index contributed by atoms with van der Waals surface area (Å²) < 4.78 is 18.3. The van der Waals surface area contributed by atoms with Gasteiger partial charge in [-0.25, -0.2) is 4.39 Å². The summed E-state index contributed by atoms with van der Waals surface area (Å²) in [5, 5.41) is 8.60. The number of rotatable bonds is 2. The summed E-state index contributed by atoms with van der Waals surface area (Å²) in [6.45, 7) is 1.70. The molecule has 1 fully saturated rings. The van der Waals surface area contributed by atoms with Gasteiger partial charge in [0.1, 0.15) is 0 Å². The Morgan fingerprint density at radius 1 is 1.39 bits per heavy atom. The van der Waals surface area contributed by atoms with Crippen LogP contribution in [-0.4, -0.2) is 20.2 Å². The molecule has 1 saturated heterocycles. The number of hydrogen-bond acceptors (Lipinski definition) is 3. The molecule has 2 rings (SSSR count). The predicted molar refractivity (Wildman–Crippen MR) is 68.1 cm³/mol. The molecule has 1 aromatic carbocycles. The van der Waals surface area contributed by atoms with E-state index in [9.17, 15) is 4.39 Å². The van der Waals surface area contributed by atoms with E-state index in [1.807, 2.05) is 0 Å². The molecule has 0 saturated carbocycles. The van der Waals surface area contributed by atoms with E-state index in [1.165, 1.54) is 18.7 Å². The fourth-order valence-corrected chi connectivity index (χ4v) is 2.13. The number of anilines is 1. The van der Waals surface area contributed by atoms with E-state index in [0.29, 0.717) is 0 Å². The van der Waals surface area contributed by atoms with Gasteiger partial charge < -0.3 is 9.64 Å². The minimum absolute atomic E-state index is 0.269. The van der Waals surface area contributed by atoms with Gasteiger partial charge in [-0.1, -0.05) is 5.57 Å². The Kier molecular flexibility index (Phi) is 3.83. The summed E-state index contributed by atoms with van der Waals surface area (Å²) in [7, 11) is 1.46. The summed E-state index contributed by atoms with van der Waals surface area (Å²) in [4.78, 5) is 2.18. The first kappa shape index (κ1) is 12.4. The Bertz CT molecular complexity index is 495. The van der Waals surface area contributed by atoms with E-state index in [4.69, 9.17) is 10.00 Å². The minimum Gasteiger partial charge on any atom is -0.494 e. The van der Waals surface area contributed by atoms with Crippen molar-refractivity contribution in [1.82, 2.24) is 0 Å². The number of nitrogens with zero attached hydrogens (tertiary/aromatic N) is 2. The molecule has 0 bridgehead atoms. The van der Waals surface area contributed by atoms with Crippen molar-refractivity contribution in [3.63, 3.8) is 0 Å². The van der Waals surface area contributed by atoms with Gasteiger partial charge in [-0.3, -0.25) is 0 Å². The van der Waals surface area contributed by atoms with E-state index in [2.05, 4.69) is 11.0 Å². The van der Waals surface area contributed by atoms with Crippen LogP contribution in [0.2, 0.25) is 0 Å². The lowest BCUT2D eigenvalue weighted by molar-refractivity contribution is 0.386. The first-order chi connectivity index (χ1) is 8.74. The summed E-state index contributed by atoms with van der Waals surface area (Å²) in [6.07, 6.45) is 3.39. The van der Waals surface area contributed by atoms with Gasteiger partial charge >= 0.3 is 0 Å². The van der Waals surface area contributed by atoms with Crippen molar-refractivity contribution in [3.8, 4) is 11.8 Å². The maximum atomic E-state index is 13.3. The Morgan fingerprint density at radius 3 is 2.72 bits per heavy atom. The third-order valence-corrected chi connectivity index (χ3v) is 3.17. The zero-order chi connectivity index (χ0) is 13.0. The number of piperidine rings is 1. The van der Waals surface area contributed by atoms with Crippen LogP contribution in [0.25, 0.3) is 0 Å². The molecule has 94 valence electrons. The predicted octanol–water partition coefficient (Wildman–Crippen LogP) is 2.88. The highest BCUT2D eigenvalue weighted by molar-refractivity contribution is 5.52. The lowest BCUT2D eigenvalue weighted by Gasteiger charge is -2.30. The second-order valence-electron chi connectivity index (χ2n) is 4.24. The van der Waals surface area contributed by atoms with Crippen molar-refractivity contribution in [3.05, 3.63) is 35.7 Å². The molecule has 0 aliphatic carbocycles. The first-order valence-corrected chi connectivity index (χ1v) is 5.90. The molecule has 0 radical (unpaired) electrons. The van der Waals surface area contributed by atoms with Crippen molar-refractivity contribution >= 4 is 5.69 Å². The van der Waals surface area contributed by atoms with Gasteiger partial charge in [0.05, 0.1) is 13.2 Å². The maximum absolute atomic E-state index is 13.3. The molecule has 4 heteroatoms. The summed E-state index contributed by atoms with van der Waals surface area (Å²) in [5.74, 6) is -0.0748. The Labute approximate surface area is 106 Å². The van der Waals surface area contributed by atoms with Crippen LogP contribution in [0.5, 0.6) is 5.75 Å². The van der Waals surface area contributed by atoms with Gasteiger partial charge in [-0.05, 0) is 25.0 Å². The fraction of sp³-hybridized carbons (Fsp3) is 0.357. The smallest absolute Gasteiger partial charge is 0.165 e. The van der Waals surface area contributed by atoms with Gasteiger partial charge in [0.2, 0.25) is 0 Å². The third kappa shape index (κ3) is 2.62. The molecule has 1 heterocycles. The highest BCUT2D eigenvalue weighted by Gasteiger charge is 2.15. The standard InChI is InChI=1S/C14H15FN2O/c1-18-14-10-12(2-3-13(14)15)17-8-5-11(4-7-16)6-9-17/h2-4,10H,5-6,8-9H2,1H3. The van der Waals surface area contributed by atoms with Crippen molar-refractivity contribution in [2.24, 2.45) is 0 Å². The van der Waals surface area contributed by atoms with Crippen LogP contribution in [0.3, 0.4) is 0 Å². The van der Waals surface area contributed by atoms with Crippen LogP contribution in [0.4, 0.5) is 10.1 Å². The van der Waals surface area contributed by atoms with Crippen molar-refractivity contribution in [2.45, 2.75) is 12.8 Å². The molecule has 0 spiro atoms. The molecule has 0 unspecified atom stereocenters. The van der Waals surface area contributed by atoms with E-state index in [1.54, 1.807) is 18.2 Å². The largest absolute Gasteiger partial charge is 0.494 e. The number of ether oxygens (including phenoxy) is 1. The topological polar surface area (TPSA) is 36.3 Å². The summed E-state index contributed by atoms with van der Waals surface area (Å²) in [6, 6.07) is 6.97. The number of hydrogen-bond donors (Lipinski definition) is 0. The summed E-state index contributed by atoms with van der Waals surface area (Å²) >= 11 is 0. The van der Waals surface area contributed by atoms with E-state index in [-0.39, 0.29) is 11.6 Å². The Balaban J connectivity index is 2.10. The Morgan fingerprint density at radius 2 is 2.11 bits per heavy atom. The highest BCUT2D eigenvalue weighted by Crippen LogP contribution is 2.27. The first-order valence-electron chi connectivity index (χ1n) is 5.90. The van der Waals surface area contributed by atoms with E-state index in [0.717, 1.165) is 31.6 Å². The van der Waals surface area contributed by atoms with Crippen LogP contribution < -0.4 is 9.64 Å². The quantitative estimate of drug-likeness (QED) is 0.753. The van der Waals surface area contributed by atoms with Gasteiger partial charge in [0.15, 0.2) is 11.6 Å². The third-order valence-electron chi connectivity index (χ3n) is 3.17. The molecule has 1 aromatic rings. The number of nitriles is 1. The Hall–Kier alpha value is -2.02. The van der Waals surface area contributed by atoms with Gasteiger partial charge in [-0.2, -0.15) is 5.26 Å². The molecule has 3 nitrogen and oxygen atoms in total. The molecular weight excluding hydrogens is 231 g/mol. The van der Waals surface area contributed by atoms with Crippen molar-refractivity contribution < 1.29 is 9.13 Å². The fourth-order valence-electron chi connectivity index (χ4n) is 2.13. The average molecular weight is 246 g/mol. The molecule has 0 amide bonds. The number of benzene rings is 1. The van der Waals surface area contributed by atoms with Gasteiger partial charge in [0, 0.05) is 30.9 Å². The lowest BCUT2D eigenvalue weighted by Crippen LogP contribution is -2.30. The van der Waals surface area contributed by atoms with Crippen LogP contribution >= 0.6 is 0 Å². The monoisotopic (exact) mass is 246 g/mol. The highest BCUT2D eigenvalue weighted by atomic mass is 19.1. The van der Waals surface area contributed by atoms with Crippen molar-refractivity contribution in [1.29, 1.82) is 5.26 Å². The molecule has 1 aliphatic heterocycles. The molecular formula is C14H15FN2O. The van der Waals surface area contributed by atoms with Gasteiger partial charge in [-0.15, -0.1) is 0 Å². The SMILES string of the molecule is COc1cc(N2CCC(=CC#N)CC2)ccc1F. The minimum atomic E-state index is -0.344. The van der Waals surface area contributed by atoms with Crippen LogP contribution in [0.15, 0.2) is 29.8 Å². The second-order valence-corrected chi connectivity index (χ2v) is 4.24. The average Bonchev–Trinajstić information content (AvgIpc) is 2.41. The zero-order valence-corrected chi connectivity index (χ0v) is 10.3. The van der Waals surface area contributed by atoms with Gasteiger partial charge in [0.25, 0.3) is 0 Å².